The fourth-order valence-electron chi connectivity index (χ4n) is 1.86. The van der Waals surface area contributed by atoms with Gasteiger partial charge in [0.1, 0.15) is 5.82 Å². The first kappa shape index (κ1) is 17.1. The zero-order valence-electron chi connectivity index (χ0n) is 11.6. The maximum absolute atomic E-state index is 13.4. The molecule has 1 atom stereocenters. The monoisotopic (exact) mass is 344 g/mol. The Balaban J connectivity index is 2.07. The van der Waals surface area contributed by atoms with Gasteiger partial charge >= 0.3 is 6.03 Å². The minimum Gasteiger partial charge on any atom is -0.394 e. The normalized spacial score (nSPS) is 11.9. The lowest BCUT2D eigenvalue weighted by molar-refractivity contribution is 0.225. The summed E-state index contributed by atoms with van der Waals surface area (Å²) in [5, 5.41) is 13.9. The Morgan fingerprint density at radius 1 is 1.09 bits per heavy atom. The van der Waals surface area contributed by atoms with Gasteiger partial charge in [-0.05, 0) is 29.8 Å². The van der Waals surface area contributed by atoms with E-state index in [1.165, 1.54) is 18.2 Å². The van der Waals surface area contributed by atoms with Crippen LogP contribution in [0.4, 0.5) is 23.7 Å². The van der Waals surface area contributed by atoms with Crippen LogP contribution >= 0.6 is 11.6 Å². The van der Waals surface area contributed by atoms with E-state index in [-0.39, 0.29) is 10.7 Å². The predicted molar refractivity (Wildman–Crippen MR) is 79.7 cm³/mol. The first-order valence-corrected chi connectivity index (χ1v) is 6.87. The standard InChI is InChI=1S/C15H12ClF3N2O2/c16-10-3-1-8(5-12(10)18)14(7-22)21-15(23)20-9-2-4-11(17)13(19)6-9/h1-6,14,22H,7H2,(H2,20,21,23). The van der Waals surface area contributed by atoms with Gasteiger partial charge in [0.05, 0.1) is 17.7 Å². The summed E-state index contributed by atoms with van der Waals surface area (Å²) in [6.07, 6.45) is 0. The van der Waals surface area contributed by atoms with E-state index < -0.39 is 36.1 Å². The molecule has 0 spiro atoms. The van der Waals surface area contributed by atoms with Gasteiger partial charge in [0, 0.05) is 11.8 Å². The molecule has 4 nitrogen and oxygen atoms in total. The molecule has 1 unspecified atom stereocenters. The van der Waals surface area contributed by atoms with Gasteiger partial charge < -0.3 is 15.7 Å². The fraction of sp³-hybridized carbons (Fsp3) is 0.133. The molecule has 0 fully saturated rings. The summed E-state index contributed by atoms with van der Waals surface area (Å²) in [5.74, 6) is -2.84. The number of hydrogen-bond donors (Lipinski definition) is 3. The van der Waals surface area contributed by atoms with E-state index in [4.69, 9.17) is 11.6 Å². The van der Waals surface area contributed by atoms with Crippen LogP contribution in [0.5, 0.6) is 0 Å². The molecule has 2 aromatic rings. The van der Waals surface area contributed by atoms with Crippen LogP contribution < -0.4 is 10.6 Å². The van der Waals surface area contributed by atoms with E-state index in [1.54, 1.807) is 0 Å². The summed E-state index contributed by atoms with van der Waals surface area (Å²) in [6.45, 7) is -0.494. The second-order valence-electron chi connectivity index (χ2n) is 4.64. The van der Waals surface area contributed by atoms with Crippen LogP contribution in [0, 0.1) is 17.5 Å². The molecule has 3 N–H and O–H groups in total. The second-order valence-corrected chi connectivity index (χ2v) is 5.04. The van der Waals surface area contributed by atoms with E-state index in [9.17, 15) is 23.1 Å². The fourth-order valence-corrected chi connectivity index (χ4v) is 1.98. The molecule has 8 heteroatoms. The number of aliphatic hydroxyl groups is 1. The van der Waals surface area contributed by atoms with Gasteiger partial charge in [-0.1, -0.05) is 17.7 Å². The molecular weight excluding hydrogens is 333 g/mol. The van der Waals surface area contributed by atoms with Crippen molar-refractivity contribution < 1.29 is 23.1 Å². The number of aliphatic hydroxyl groups excluding tert-OH is 1. The lowest BCUT2D eigenvalue weighted by Gasteiger charge is -2.17. The van der Waals surface area contributed by atoms with Crippen LogP contribution in [0.3, 0.4) is 0 Å². The maximum atomic E-state index is 13.4. The number of hydrogen-bond acceptors (Lipinski definition) is 2. The molecule has 2 rings (SSSR count). The highest BCUT2D eigenvalue weighted by Crippen LogP contribution is 2.20. The van der Waals surface area contributed by atoms with Crippen LogP contribution in [-0.4, -0.2) is 17.7 Å². The Kier molecular flexibility index (Phi) is 5.46. The van der Waals surface area contributed by atoms with Crippen molar-refractivity contribution >= 4 is 23.3 Å². The van der Waals surface area contributed by atoms with E-state index in [0.717, 1.165) is 18.2 Å². The molecular formula is C15H12ClF3N2O2. The average molecular weight is 345 g/mol. The topological polar surface area (TPSA) is 61.4 Å². The van der Waals surface area contributed by atoms with E-state index in [2.05, 4.69) is 10.6 Å². The molecule has 0 heterocycles. The minimum atomic E-state index is -1.11. The summed E-state index contributed by atoms with van der Waals surface area (Å²) in [5.41, 5.74) is 0.329. The molecule has 0 saturated carbocycles. The van der Waals surface area contributed by atoms with Crippen LogP contribution in [-0.2, 0) is 0 Å². The largest absolute Gasteiger partial charge is 0.394 e. The van der Waals surface area contributed by atoms with Gasteiger partial charge in [0.15, 0.2) is 11.6 Å². The van der Waals surface area contributed by atoms with Crippen LogP contribution in [0.25, 0.3) is 0 Å². The molecule has 0 aliphatic rings. The highest BCUT2D eigenvalue weighted by molar-refractivity contribution is 6.30. The summed E-state index contributed by atoms with van der Waals surface area (Å²) in [4.78, 5) is 11.8. The molecule has 0 aliphatic carbocycles. The van der Waals surface area contributed by atoms with Gasteiger partial charge in [0.25, 0.3) is 0 Å². The molecule has 23 heavy (non-hydrogen) atoms. The quantitative estimate of drug-likeness (QED) is 0.793. The number of nitrogens with one attached hydrogen (secondary N) is 2. The number of urea groups is 1. The summed E-state index contributed by atoms with van der Waals surface area (Å²) < 4.78 is 39.3. The van der Waals surface area contributed by atoms with Crippen molar-refractivity contribution in [1.29, 1.82) is 0 Å². The van der Waals surface area contributed by atoms with E-state index in [1.807, 2.05) is 0 Å². The number of rotatable bonds is 4. The van der Waals surface area contributed by atoms with Crippen LogP contribution in [0.2, 0.25) is 5.02 Å². The lowest BCUT2D eigenvalue weighted by atomic mass is 10.1. The number of halogens is 4. The SMILES string of the molecule is O=C(Nc1ccc(F)c(F)c1)NC(CO)c1ccc(Cl)c(F)c1. The molecule has 0 radical (unpaired) electrons. The van der Waals surface area contributed by atoms with Gasteiger partial charge in [-0.2, -0.15) is 0 Å². The molecule has 2 aromatic carbocycles. The Hall–Kier alpha value is -2.25. The number of benzene rings is 2. The minimum absolute atomic E-state index is 0.0281. The molecule has 122 valence electrons. The highest BCUT2D eigenvalue weighted by atomic mass is 35.5. The van der Waals surface area contributed by atoms with Crippen molar-refractivity contribution in [3.8, 4) is 0 Å². The first-order valence-electron chi connectivity index (χ1n) is 6.49. The van der Waals surface area contributed by atoms with Crippen molar-refractivity contribution in [3.05, 3.63) is 64.4 Å². The number of carbonyl (C=O) groups excluding carboxylic acids is 1. The molecule has 0 aliphatic heterocycles. The Bertz CT molecular complexity index is 728. The summed E-state index contributed by atoms with van der Waals surface area (Å²) in [6, 6.07) is 5.01. The summed E-state index contributed by atoms with van der Waals surface area (Å²) in [7, 11) is 0. The molecule has 0 aromatic heterocycles. The van der Waals surface area contributed by atoms with E-state index in [0.29, 0.717) is 5.56 Å². The van der Waals surface area contributed by atoms with Crippen LogP contribution in [0.15, 0.2) is 36.4 Å². The van der Waals surface area contributed by atoms with Crippen molar-refractivity contribution in [1.82, 2.24) is 5.32 Å². The highest BCUT2D eigenvalue weighted by Gasteiger charge is 2.16. The molecule has 2 amide bonds. The summed E-state index contributed by atoms with van der Waals surface area (Å²) >= 11 is 5.57. The average Bonchev–Trinajstić information content (AvgIpc) is 2.51. The third-order valence-corrected chi connectivity index (χ3v) is 3.32. The Morgan fingerprint density at radius 2 is 1.83 bits per heavy atom. The number of carbonyl (C=O) groups is 1. The zero-order chi connectivity index (χ0) is 17.0. The predicted octanol–water partition coefficient (Wildman–Crippen LogP) is 3.61. The Morgan fingerprint density at radius 3 is 2.43 bits per heavy atom. The van der Waals surface area contributed by atoms with Gasteiger partial charge in [-0.3, -0.25) is 0 Å². The van der Waals surface area contributed by atoms with Crippen molar-refractivity contribution in [2.75, 3.05) is 11.9 Å². The lowest BCUT2D eigenvalue weighted by Crippen LogP contribution is -2.34. The number of anilines is 1. The van der Waals surface area contributed by atoms with E-state index >= 15 is 0 Å². The van der Waals surface area contributed by atoms with Crippen LogP contribution in [0.1, 0.15) is 11.6 Å². The molecule has 0 bridgehead atoms. The van der Waals surface area contributed by atoms with Gasteiger partial charge in [-0.25, -0.2) is 18.0 Å². The maximum Gasteiger partial charge on any atom is 0.319 e. The Labute approximate surface area is 134 Å². The van der Waals surface area contributed by atoms with Crippen molar-refractivity contribution in [2.24, 2.45) is 0 Å². The third kappa shape index (κ3) is 4.37. The van der Waals surface area contributed by atoms with Gasteiger partial charge in [-0.15, -0.1) is 0 Å². The van der Waals surface area contributed by atoms with Gasteiger partial charge in [0.2, 0.25) is 0 Å². The zero-order valence-corrected chi connectivity index (χ0v) is 12.4. The first-order chi connectivity index (χ1) is 10.9. The molecule has 0 saturated heterocycles. The van der Waals surface area contributed by atoms with Crippen molar-refractivity contribution in [2.45, 2.75) is 6.04 Å². The second kappa shape index (κ2) is 7.34. The third-order valence-electron chi connectivity index (χ3n) is 3.01. The number of amides is 2. The smallest absolute Gasteiger partial charge is 0.319 e. The van der Waals surface area contributed by atoms with Crippen molar-refractivity contribution in [3.63, 3.8) is 0 Å².